The Morgan fingerprint density at radius 2 is 1.72 bits per heavy atom. The molecule has 3 aromatic carbocycles. The Morgan fingerprint density at radius 1 is 0.966 bits per heavy atom. The topological polar surface area (TPSA) is 57.8 Å². The number of nitrogens with one attached hydrogen (secondary N) is 1. The van der Waals surface area contributed by atoms with Crippen molar-refractivity contribution in [1.29, 1.82) is 5.26 Å². The number of anilines is 1. The fourth-order valence-corrected chi connectivity index (χ4v) is 3.91. The summed E-state index contributed by atoms with van der Waals surface area (Å²) >= 11 is 0. The van der Waals surface area contributed by atoms with Gasteiger partial charge in [0, 0.05) is 46.0 Å². The van der Waals surface area contributed by atoms with Crippen LogP contribution in [0.1, 0.15) is 22.3 Å². The van der Waals surface area contributed by atoms with Crippen LogP contribution in [0, 0.1) is 11.3 Å². The Labute approximate surface area is 168 Å². The van der Waals surface area contributed by atoms with E-state index >= 15 is 0 Å². The van der Waals surface area contributed by atoms with E-state index in [2.05, 4.69) is 34.3 Å². The maximum atomic E-state index is 12.5. The van der Waals surface area contributed by atoms with Gasteiger partial charge in [-0.15, -0.1) is 0 Å². The zero-order valence-corrected chi connectivity index (χ0v) is 15.6. The van der Waals surface area contributed by atoms with Gasteiger partial charge in [0.05, 0.1) is 11.6 Å². The van der Waals surface area contributed by atoms with Crippen molar-refractivity contribution in [2.75, 3.05) is 5.32 Å². The molecule has 29 heavy (non-hydrogen) atoms. The molecule has 1 N–H and O–H groups in total. The molecular weight excluding hydrogens is 358 g/mol. The molecule has 0 aliphatic carbocycles. The Morgan fingerprint density at radius 3 is 2.62 bits per heavy atom. The summed E-state index contributed by atoms with van der Waals surface area (Å²) in [4.78, 5) is 12.5. The molecule has 0 spiro atoms. The third kappa shape index (κ3) is 2.90. The number of para-hydroxylation sites is 2. The molecule has 1 aromatic heterocycles. The van der Waals surface area contributed by atoms with E-state index < -0.39 is 0 Å². The van der Waals surface area contributed by atoms with E-state index in [0.717, 1.165) is 33.3 Å². The summed E-state index contributed by atoms with van der Waals surface area (Å²) in [6.45, 7) is 0.593. The lowest BCUT2D eigenvalue weighted by atomic mass is 10.0. The average molecular weight is 375 g/mol. The second-order valence-electron chi connectivity index (χ2n) is 7.06. The van der Waals surface area contributed by atoms with Gasteiger partial charge < -0.3 is 9.88 Å². The maximum absolute atomic E-state index is 12.5. The molecule has 4 heteroatoms. The zero-order valence-electron chi connectivity index (χ0n) is 15.6. The summed E-state index contributed by atoms with van der Waals surface area (Å²) in [6.07, 6.45) is 4.01. The van der Waals surface area contributed by atoms with Crippen LogP contribution in [0.5, 0.6) is 0 Å². The molecule has 0 unspecified atom stereocenters. The van der Waals surface area contributed by atoms with Gasteiger partial charge in [0.1, 0.15) is 0 Å². The SMILES string of the molecule is N#Cc1ccccc1Cn1cc(/C=C2/C(=O)Nc3ccccc32)c2ccccc21. The number of amides is 1. The molecule has 0 fully saturated rings. The van der Waals surface area contributed by atoms with Crippen LogP contribution in [-0.2, 0) is 11.3 Å². The van der Waals surface area contributed by atoms with Crippen molar-refractivity contribution < 1.29 is 4.79 Å². The fraction of sp³-hybridized carbons (Fsp3) is 0.0400. The molecule has 2 heterocycles. The number of hydrogen-bond donors (Lipinski definition) is 1. The van der Waals surface area contributed by atoms with Gasteiger partial charge in [-0.3, -0.25) is 4.79 Å². The second-order valence-corrected chi connectivity index (χ2v) is 7.06. The Bertz CT molecular complexity index is 1340. The lowest BCUT2D eigenvalue weighted by Gasteiger charge is -2.07. The number of fused-ring (bicyclic) bond motifs is 2. The number of nitriles is 1. The standard InChI is InChI=1S/C25H17N3O/c26-14-17-7-1-2-8-18(17)15-28-16-19(20-9-4-6-12-24(20)28)13-22-21-10-3-5-11-23(21)27-25(22)29/h1-13,16H,15H2,(H,27,29)/b22-13+. The van der Waals surface area contributed by atoms with Crippen LogP contribution in [0.25, 0.3) is 22.6 Å². The molecule has 1 aliphatic rings. The minimum Gasteiger partial charge on any atom is -0.342 e. The van der Waals surface area contributed by atoms with Gasteiger partial charge in [-0.1, -0.05) is 54.6 Å². The van der Waals surface area contributed by atoms with Crippen molar-refractivity contribution >= 4 is 34.1 Å². The maximum Gasteiger partial charge on any atom is 0.256 e. The van der Waals surface area contributed by atoms with E-state index in [0.29, 0.717) is 17.7 Å². The minimum atomic E-state index is -0.0853. The highest BCUT2D eigenvalue weighted by Gasteiger charge is 2.24. The number of nitrogens with zero attached hydrogens (tertiary/aromatic N) is 2. The van der Waals surface area contributed by atoms with E-state index in [4.69, 9.17) is 0 Å². The molecule has 4 aromatic rings. The normalized spacial score (nSPS) is 14.0. The quantitative estimate of drug-likeness (QED) is 0.509. The van der Waals surface area contributed by atoms with Crippen molar-refractivity contribution in [2.45, 2.75) is 6.54 Å². The van der Waals surface area contributed by atoms with Gasteiger partial charge in [0.25, 0.3) is 5.91 Å². The highest BCUT2D eigenvalue weighted by Crippen LogP contribution is 2.34. The minimum absolute atomic E-state index is 0.0853. The molecule has 0 radical (unpaired) electrons. The Hall–Kier alpha value is -4.10. The number of rotatable bonds is 3. The molecule has 0 saturated carbocycles. The van der Waals surface area contributed by atoms with Crippen molar-refractivity contribution in [1.82, 2.24) is 4.57 Å². The highest BCUT2D eigenvalue weighted by molar-refractivity contribution is 6.35. The van der Waals surface area contributed by atoms with Crippen LogP contribution < -0.4 is 5.32 Å². The van der Waals surface area contributed by atoms with Crippen LogP contribution in [0.15, 0.2) is 79.0 Å². The number of carbonyl (C=O) groups is 1. The first kappa shape index (κ1) is 17.0. The highest BCUT2D eigenvalue weighted by atomic mass is 16.2. The van der Waals surface area contributed by atoms with E-state index in [-0.39, 0.29) is 5.91 Å². The van der Waals surface area contributed by atoms with Crippen LogP contribution >= 0.6 is 0 Å². The number of benzene rings is 3. The van der Waals surface area contributed by atoms with Crippen LogP contribution in [0.3, 0.4) is 0 Å². The number of carbonyl (C=O) groups excluding carboxylic acids is 1. The average Bonchev–Trinajstić information content (AvgIpc) is 3.26. The van der Waals surface area contributed by atoms with Gasteiger partial charge in [0.2, 0.25) is 0 Å². The monoisotopic (exact) mass is 375 g/mol. The Kier molecular flexibility index (Phi) is 4.00. The third-order valence-corrected chi connectivity index (χ3v) is 5.31. The molecule has 4 nitrogen and oxygen atoms in total. The third-order valence-electron chi connectivity index (χ3n) is 5.31. The summed E-state index contributed by atoms with van der Waals surface area (Å²) in [5.41, 5.74) is 6.13. The predicted molar refractivity (Wildman–Crippen MR) is 115 cm³/mol. The molecule has 0 bridgehead atoms. The first-order valence-electron chi connectivity index (χ1n) is 9.43. The van der Waals surface area contributed by atoms with Crippen molar-refractivity contribution in [3.8, 4) is 6.07 Å². The second kappa shape index (κ2) is 6.81. The summed E-state index contributed by atoms with van der Waals surface area (Å²) in [7, 11) is 0. The van der Waals surface area contributed by atoms with Gasteiger partial charge in [-0.05, 0) is 29.8 Å². The molecule has 0 atom stereocenters. The van der Waals surface area contributed by atoms with Gasteiger partial charge in [-0.25, -0.2) is 0 Å². The first-order valence-corrected chi connectivity index (χ1v) is 9.43. The molecular formula is C25H17N3O. The smallest absolute Gasteiger partial charge is 0.256 e. The number of aromatic nitrogens is 1. The van der Waals surface area contributed by atoms with E-state index in [1.165, 1.54) is 0 Å². The van der Waals surface area contributed by atoms with E-state index in [9.17, 15) is 10.1 Å². The predicted octanol–water partition coefficient (Wildman–Crippen LogP) is 5.05. The lowest BCUT2D eigenvalue weighted by Crippen LogP contribution is -2.03. The lowest BCUT2D eigenvalue weighted by molar-refractivity contribution is -0.110. The van der Waals surface area contributed by atoms with E-state index in [1.807, 2.05) is 66.7 Å². The molecule has 1 amide bonds. The zero-order chi connectivity index (χ0) is 19.8. The van der Waals surface area contributed by atoms with Crippen molar-refractivity contribution in [3.05, 3.63) is 101 Å². The summed E-state index contributed by atoms with van der Waals surface area (Å²) < 4.78 is 2.14. The molecule has 5 rings (SSSR count). The fourth-order valence-electron chi connectivity index (χ4n) is 3.91. The summed E-state index contributed by atoms with van der Waals surface area (Å²) in [5.74, 6) is -0.0853. The first-order chi connectivity index (χ1) is 14.2. The Balaban J connectivity index is 1.64. The molecule has 1 aliphatic heterocycles. The summed E-state index contributed by atoms with van der Waals surface area (Å²) in [5, 5.41) is 13.4. The van der Waals surface area contributed by atoms with Gasteiger partial charge in [-0.2, -0.15) is 5.26 Å². The van der Waals surface area contributed by atoms with Crippen LogP contribution in [-0.4, -0.2) is 10.5 Å². The van der Waals surface area contributed by atoms with Crippen molar-refractivity contribution in [2.24, 2.45) is 0 Å². The van der Waals surface area contributed by atoms with Crippen molar-refractivity contribution in [3.63, 3.8) is 0 Å². The number of hydrogen-bond acceptors (Lipinski definition) is 2. The van der Waals surface area contributed by atoms with E-state index in [1.54, 1.807) is 0 Å². The van der Waals surface area contributed by atoms with Crippen LogP contribution in [0.2, 0.25) is 0 Å². The van der Waals surface area contributed by atoms with Gasteiger partial charge >= 0.3 is 0 Å². The summed E-state index contributed by atoms with van der Waals surface area (Å²) in [6, 6.07) is 25.8. The van der Waals surface area contributed by atoms with Gasteiger partial charge in [0.15, 0.2) is 0 Å². The largest absolute Gasteiger partial charge is 0.342 e. The molecule has 138 valence electrons. The van der Waals surface area contributed by atoms with Crippen LogP contribution in [0.4, 0.5) is 5.69 Å². The molecule has 0 saturated heterocycles.